The van der Waals surface area contributed by atoms with Gasteiger partial charge >= 0.3 is 5.97 Å². The molecule has 90 valence electrons. The first-order chi connectivity index (χ1) is 6.72. The maximum atomic E-state index is 10.7. The van der Waals surface area contributed by atoms with Gasteiger partial charge in [0.1, 0.15) is 0 Å². The summed E-state index contributed by atoms with van der Waals surface area (Å²) in [5.41, 5.74) is 0.448. The molecule has 0 spiro atoms. The Labute approximate surface area is 123 Å². The van der Waals surface area contributed by atoms with E-state index >= 15 is 0 Å². The molecule has 0 radical (unpaired) electrons. The van der Waals surface area contributed by atoms with Gasteiger partial charge in [0.05, 0.1) is 13.2 Å². The first-order valence-corrected chi connectivity index (χ1v) is 7.10. The number of halogens is 4. The van der Waals surface area contributed by atoms with E-state index in [-0.39, 0.29) is 13.6 Å². The van der Waals surface area contributed by atoms with Gasteiger partial charge in [-0.3, -0.25) is 0 Å². The second-order valence-electron chi connectivity index (χ2n) is 2.22. The summed E-state index contributed by atoms with van der Waals surface area (Å²) in [4.78, 5) is 10.7. The molecule has 0 aromatic heterocycles. The molecule has 0 aliphatic rings. The lowest BCUT2D eigenvalue weighted by molar-refractivity contribution is -0.138. The predicted molar refractivity (Wildman–Crippen MR) is 75.9 cm³/mol. The summed E-state index contributed by atoms with van der Waals surface area (Å²) in [5.74, 6) is -0.364. The van der Waals surface area contributed by atoms with Crippen molar-refractivity contribution in [3.8, 4) is 0 Å². The molecule has 0 bridgehead atoms. The van der Waals surface area contributed by atoms with E-state index in [1.54, 1.807) is 13.8 Å². The summed E-state index contributed by atoms with van der Waals surface area (Å²) in [7, 11) is 0. The number of aliphatic hydroxyl groups excluding tert-OH is 1. The molecule has 3 nitrogen and oxygen atoms in total. The van der Waals surface area contributed by atoms with E-state index in [9.17, 15) is 4.79 Å². The van der Waals surface area contributed by atoms with Crippen molar-refractivity contribution < 1.29 is 14.6 Å². The standard InChI is InChI=1S/C7H12O3.CBr4/c1-3-10-7(9)6(2)4-5-8;2-1(3,4)5/h4,8H,3,5H2,1-2H3;/b6-4+;. The van der Waals surface area contributed by atoms with E-state index in [0.29, 0.717) is 12.2 Å². The van der Waals surface area contributed by atoms with Gasteiger partial charge in [-0.2, -0.15) is 0 Å². The summed E-state index contributed by atoms with van der Waals surface area (Å²) in [5, 5.41) is 8.37. The molecule has 0 atom stereocenters. The number of ether oxygens (including phenoxy) is 1. The van der Waals surface area contributed by atoms with Crippen molar-refractivity contribution in [3.63, 3.8) is 0 Å². The van der Waals surface area contributed by atoms with Gasteiger partial charge in [-0.15, -0.1) is 0 Å². The van der Waals surface area contributed by atoms with Gasteiger partial charge in [-0.05, 0) is 83.6 Å². The molecule has 0 aromatic carbocycles. The molecule has 0 amide bonds. The number of carbonyl (C=O) groups excluding carboxylic acids is 1. The lowest BCUT2D eigenvalue weighted by Crippen LogP contribution is -2.05. The molecular weight excluding hydrogens is 464 g/mol. The van der Waals surface area contributed by atoms with Crippen molar-refractivity contribution in [1.82, 2.24) is 0 Å². The van der Waals surface area contributed by atoms with Crippen LogP contribution >= 0.6 is 63.7 Å². The highest BCUT2D eigenvalue weighted by Crippen LogP contribution is 2.39. The number of carbonyl (C=O) groups is 1. The van der Waals surface area contributed by atoms with Crippen LogP contribution in [0.25, 0.3) is 0 Å². The third kappa shape index (κ3) is 21.0. The summed E-state index contributed by atoms with van der Waals surface area (Å²) in [6.07, 6.45) is 1.41. The lowest BCUT2D eigenvalue weighted by atomic mass is 10.3. The monoisotopic (exact) mass is 472 g/mol. The maximum Gasteiger partial charge on any atom is 0.333 e. The molecule has 15 heavy (non-hydrogen) atoms. The number of rotatable bonds is 3. The maximum absolute atomic E-state index is 10.7. The molecule has 1 N–H and O–H groups in total. The highest BCUT2D eigenvalue weighted by Gasteiger charge is 2.08. The van der Waals surface area contributed by atoms with Crippen LogP contribution in [0.4, 0.5) is 0 Å². The summed E-state index contributed by atoms with van der Waals surface area (Å²) >= 11 is 12.5. The van der Waals surface area contributed by atoms with Crippen LogP contribution in [0.15, 0.2) is 11.6 Å². The van der Waals surface area contributed by atoms with Gasteiger partial charge in [-0.25, -0.2) is 4.79 Å². The van der Waals surface area contributed by atoms with Crippen LogP contribution in [0.1, 0.15) is 13.8 Å². The fraction of sp³-hybridized carbons (Fsp3) is 0.625. The van der Waals surface area contributed by atoms with Gasteiger partial charge in [-0.1, -0.05) is 0 Å². The Morgan fingerprint density at radius 2 is 1.80 bits per heavy atom. The summed E-state index contributed by atoms with van der Waals surface area (Å²) in [6.45, 7) is 3.60. The first kappa shape index (κ1) is 18.5. The van der Waals surface area contributed by atoms with Crippen molar-refractivity contribution in [1.29, 1.82) is 0 Å². The Balaban J connectivity index is 0. The van der Waals surface area contributed by atoms with Crippen LogP contribution in [0.3, 0.4) is 0 Å². The molecule has 0 rings (SSSR count). The molecule has 0 fully saturated rings. The Hall–Kier alpha value is 1.09. The Morgan fingerprint density at radius 1 is 1.40 bits per heavy atom. The SMILES string of the molecule is BrC(Br)(Br)Br.CCOC(=O)/C(C)=C/CO. The Morgan fingerprint density at radius 3 is 2.07 bits per heavy atom. The number of alkyl halides is 4. The molecule has 0 aliphatic heterocycles. The van der Waals surface area contributed by atoms with Crippen LogP contribution in [-0.4, -0.2) is 25.3 Å². The van der Waals surface area contributed by atoms with Crippen molar-refractivity contribution in [3.05, 3.63) is 11.6 Å². The quantitative estimate of drug-likeness (QED) is 0.385. The molecular formula is C8H12Br4O3. The largest absolute Gasteiger partial charge is 0.463 e. The van der Waals surface area contributed by atoms with Crippen LogP contribution in [0, 0.1) is 0 Å². The molecule has 0 unspecified atom stereocenters. The molecule has 0 saturated heterocycles. The lowest BCUT2D eigenvalue weighted by Gasteiger charge is -1.99. The van der Waals surface area contributed by atoms with Gasteiger partial charge in [0.15, 0.2) is 1.05 Å². The van der Waals surface area contributed by atoms with E-state index in [2.05, 4.69) is 68.5 Å². The van der Waals surface area contributed by atoms with E-state index in [1.807, 2.05) is 0 Å². The average molecular weight is 476 g/mol. The molecule has 0 saturated carbocycles. The zero-order valence-corrected chi connectivity index (χ0v) is 14.6. The highest BCUT2D eigenvalue weighted by atomic mass is 80.0. The van der Waals surface area contributed by atoms with Crippen molar-refractivity contribution in [2.45, 2.75) is 14.9 Å². The summed E-state index contributed by atoms with van der Waals surface area (Å²) < 4.78 is 4.39. The number of hydrogen-bond donors (Lipinski definition) is 1. The summed E-state index contributed by atoms with van der Waals surface area (Å²) in [6, 6.07) is 0. The fourth-order valence-corrected chi connectivity index (χ4v) is 0.465. The second kappa shape index (κ2) is 10.3. The zero-order valence-electron chi connectivity index (χ0n) is 8.27. The minimum absolute atomic E-state index is 0.120. The zero-order chi connectivity index (χ0) is 12.5. The molecule has 0 aliphatic carbocycles. The number of esters is 1. The van der Waals surface area contributed by atoms with Gasteiger partial charge < -0.3 is 9.84 Å². The topological polar surface area (TPSA) is 46.5 Å². The first-order valence-electron chi connectivity index (χ1n) is 3.92. The van der Waals surface area contributed by atoms with Crippen molar-refractivity contribution in [2.75, 3.05) is 13.2 Å². The molecule has 0 aromatic rings. The predicted octanol–water partition coefficient (Wildman–Crippen LogP) is 3.67. The van der Waals surface area contributed by atoms with Gasteiger partial charge in [0.25, 0.3) is 0 Å². The normalized spacial score (nSPS) is 11.5. The van der Waals surface area contributed by atoms with Crippen LogP contribution in [-0.2, 0) is 9.53 Å². The third-order valence-electron chi connectivity index (χ3n) is 0.995. The second-order valence-corrected chi connectivity index (χ2v) is 13.4. The van der Waals surface area contributed by atoms with Crippen molar-refractivity contribution >= 4 is 69.7 Å². The van der Waals surface area contributed by atoms with E-state index in [4.69, 9.17) is 5.11 Å². The van der Waals surface area contributed by atoms with E-state index in [1.165, 1.54) is 6.08 Å². The van der Waals surface area contributed by atoms with Crippen molar-refractivity contribution in [2.24, 2.45) is 0 Å². The average Bonchev–Trinajstić information content (AvgIpc) is 2.02. The Bertz CT molecular complexity index is 204. The van der Waals surface area contributed by atoms with Gasteiger partial charge in [0.2, 0.25) is 0 Å². The highest BCUT2D eigenvalue weighted by molar-refractivity contribution is 9.52. The Kier molecular flexibility index (Phi) is 12.6. The van der Waals surface area contributed by atoms with Gasteiger partial charge in [0, 0.05) is 5.57 Å². The fourth-order valence-electron chi connectivity index (χ4n) is 0.465. The van der Waals surface area contributed by atoms with Crippen LogP contribution < -0.4 is 0 Å². The number of hydrogen-bond acceptors (Lipinski definition) is 3. The van der Waals surface area contributed by atoms with E-state index < -0.39 is 0 Å². The number of aliphatic hydroxyl groups is 1. The van der Waals surface area contributed by atoms with E-state index in [0.717, 1.165) is 0 Å². The van der Waals surface area contributed by atoms with Crippen LogP contribution in [0.5, 0.6) is 0 Å². The molecule has 7 heteroatoms. The molecule has 0 heterocycles. The minimum atomic E-state index is -0.364. The van der Waals surface area contributed by atoms with Crippen LogP contribution in [0.2, 0.25) is 0 Å². The minimum Gasteiger partial charge on any atom is -0.463 e. The smallest absolute Gasteiger partial charge is 0.333 e. The third-order valence-corrected chi connectivity index (χ3v) is 0.995.